The molecule has 2 aliphatic heterocycles. The zero-order valence-corrected chi connectivity index (χ0v) is 25.9. The van der Waals surface area contributed by atoms with Crippen LogP contribution in [-0.2, 0) is 0 Å². The van der Waals surface area contributed by atoms with Crippen molar-refractivity contribution < 1.29 is 0 Å². The van der Waals surface area contributed by atoms with Gasteiger partial charge in [-0.25, -0.2) is 0 Å². The zero-order valence-electron chi connectivity index (χ0n) is 24.9. The Bertz CT molecular complexity index is 2290. The van der Waals surface area contributed by atoms with Crippen LogP contribution in [0.25, 0.3) is 54.5 Å². The zero-order chi connectivity index (χ0) is 29.5. The van der Waals surface area contributed by atoms with Gasteiger partial charge in [-0.1, -0.05) is 122 Å². The fourth-order valence-electron chi connectivity index (χ4n) is 8.25. The molecule has 0 aliphatic carbocycles. The molecule has 8 aromatic rings. The summed E-state index contributed by atoms with van der Waals surface area (Å²) in [6, 6.07) is 48.5. The molecule has 0 bridgehead atoms. The van der Waals surface area contributed by atoms with Gasteiger partial charge >= 0.3 is 8.40 Å². The number of hydrogen-bond donors (Lipinski definition) is 0. The first-order valence-corrected chi connectivity index (χ1v) is 18.4. The Morgan fingerprint density at radius 1 is 0.444 bits per heavy atom. The third-order valence-corrected chi connectivity index (χ3v) is 14.7. The smallest absolute Gasteiger partial charge is 0.278 e. The molecule has 6 heteroatoms. The lowest BCUT2D eigenvalue weighted by Crippen LogP contribution is -2.57. The third kappa shape index (κ3) is 3.37. The molecule has 0 amide bonds. The summed E-state index contributed by atoms with van der Waals surface area (Å²) in [5.74, 6) is 2.39. The monoisotopic (exact) mass is 597 g/mol. The lowest BCUT2D eigenvalue weighted by Gasteiger charge is -2.44. The van der Waals surface area contributed by atoms with Gasteiger partial charge in [-0.05, 0) is 58.3 Å². The first-order valence-electron chi connectivity index (χ1n) is 16.1. The van der Waals surface area contributed by atoms with Crippen molar-refractivity contribution in [2.45, 2.75) is 31.4 Å². The van der Waals surface area contributed by atoms with Crippen molar-refractivity contribution in [2.24, 2.45) is 0 Å². The van der Waals surface area contributed by atoms with Crippen LogP contribution < -0.4 is 4.90 Å². The van der Waals surface area contributed by atoms with Crippen LogP contribution in [0.4, 0.5) is 17.3 Å². The van der Waals surface area contributed by atoms with Crippen LogP contribution in [0.5, 0.6) is 0 Å². The molecule has 216 valence electrons. The molecule has 4 heterocycles. The van der Waals surface area contributed by atoms with Gasteiger partial charge in [0, 0.05) is 21.5 Å². The molecule has 1 fully saturated rings. The van der Waals surface area contributed by atoms with E-state index < -0.39 is 8.40 Å². The van der Waals surface area contributed by atoms with Gasteiger partial charge in [0.05, 0.1) is 16.7 Å². The van der Waals surface area contributed by atoms with Crippen molar-refractivity contribution in [3.8, 4) is 11.1 Å². The molecule has 45 heavy (non-hydrogen) atoms. The van der Waals surface area contributed by atoms with E-state index in [-0.39, 0.29) is 0 Å². The molecule has 5 nitrogen and oxygen atoms in total. The van der Waals surface area contributed by atoms with Gasteiger partial charge in [0.1, 0.15) is 11.6 Å². The molecule has 0 unspecified atom stereocenters. The summed E-state index contributed by atoms with van der Waals surface area (Å²) in [5, 5.41) is 18.3. The molecular formula is C39H31N5Si. The topological polar surface area (TPSA) is 38.9 Å². The largest absolute Gasteiger partial charge is 0.314 e. The van der Waals surface area contributed by atoms with Crippen LogP contribution >= 0.6 is 0 Å². The van der Waals surface area contributed by atoms with Crippen LogP contribution in [0, 0.1) is 0 Å². The molecule has 0 radical (unpaired) electrons. The molecule has 1 saturated heterocycles. The normalized spacial score (nSPS) is 15.7. The summed E-state index contributed by atoms with van der Waals surface area (Å²) < 4.78 is 4.98. The van der Waals surface area contributed by atoms with Gasteiger partial charge < -0.3 is 0 Å². The summed E-state index contributed by atoms with van der Waals surface area (Å²) >= 11 is 0. The molecule has 0 N–H and O–H groups in total. The average Bonchev–Trinajstić information content (AvgIpc) is 3.70. The molecule has 2 aliphatic rings. The summed E-state index contributed by atoms with van der Waals surface area (Å²) in [7, 11) is -2.38. The minimum Gasteiger partial charge on any atom is -0.278 e. The van der Waals surface area contributed by atoms with Crippen molar-refractivity contribution in [2.75, 3.05) is 4.90 Å². The van der Waals surface area contributed by atoms with Crippen LogP contribution in [-0.4, -0.2) is 27.3 Å². The second-order valence-corrected chi connectivity index (χ2v) is 16.4. The van der Waals surface area contributed by atoms with E-state index in [4.69, 9.17) is 10.2 Å². The standard InChI is InChI=1S/C39H31N5Si/c1-3-15-27(16-4-1)36-28-17-5-7-19-30(28)37(31-20-8-6-18-29(31)36)42-38-32-21-9-11-23-34(32)40-43(38)45(25-13-2-14-26-45)44-39(42)33-22-10-12-24-35(33)41-44/h1,3-12,15-24H,2,13-14,25-26H2. The first-order chi connectivity index (χ1) is 22.3. The van der Waals surface area contributed by atoms with E-state index in [0.29, 0.717) is 0 Å². The van der Waals surface area contributed by atoms with Gasteiger partial charge in [0.15, 0.2) is 0 Å². The minimum atomic E-state index is -2.38. The number of nitrogens with zero attached hydrogens (tertiary/aromatic N) is 5. The highest BCUT2D eigenvalue weighted by atomic mass is 28.3. The second-order valence-electron chi connectivity index (χ2n) is 12.6. The number of rotatable bonds is 2. The van der Waals surface area contributed by atoms with Gasteiger partial charge in [0.2, 0.25) is 0 Å². The Morgan fingerprint density at radius 2 is 0.889 bits per heavy atom. The fraction of sp³-hybridized carbons (Fsp3) is 0.128. The molecule has 6 aromatic carbocycles. The van der Waals surface area contributed by atoms with E-state index >= 15 is 0 Å². The lowest BCUT2D eigenvalue weighted by atomic mass is 9.90. The lowest BCUT2D eigenvalue weighted by molar-refractivity contribution is 0.642. The maximum Gasteiger partial charge on any atom is 0.314 e. The molecule has 1 spiro atoms. The Balaban J connectivity index is 1.42. The number of fused-ring (bicyclic) bond motifs is 10. The maximum atomic E-state index is 5.48. The molecular weight excluding hydrogens is 567 g/mol. The van der Waals surface area contributed by atoms with E-state index in [1.165, 1.54) is 80.0 Å². The summed E-state index contributed by atoms with van der Waals surface area (Å²) in [4.78, 5) is 2.54. The maximum absolute atomic E-state index is 5.48. The molecule has 0 atom stereocenters. The van der Waals surface area contributed by atoms with Gasteiger partial charge in [0.25, 0.3) is 0 Å². The number of aromatic nitrogens is 4. The SMILES string of the molecule is c1ccc(-c2c3ccccc3c(N3c4c5ccccc5nn4[Si]4(CCCCC4)n4nc5ccccc5c43)c3ccccc23)cc1. The van der Waals surface area contributed by atoms with Crippen molar-refractivity contribution in [3.05, 3.63) is 127 Å². The van der Waals surface area contributed by atoms with Crippen molar-refractivity contribution in [1.82, 2.24) is 18.9 Å². The highest BCUT2D eigenvalue weighted by molar-refractivity contribution is 6.78. The van der Waals surface area contributed by atoms with Crippen LogP contribution in [0.2, 0.25) is 12.1 Å². The molecule has 2 aromatic heterocycles. The quantitative estimate of drug-likeness (QED) is 0.147. The third-order valence-electron chi connectivity index (χ3n) is 10.2. The number of anilines is 3. The van der Waals surface area contributed by atoms with E-state index in [1.807, 2.05) is 0 Å². The van der Waals surface area contributed by atoms with Gasteiger partial charge in [-0.3, -0.25) is 13.6 Å². The highest BCUT2D eigenvalue weighted by Gasteiger charge is 2.51. The average molecular weight is 598 g/mol. The first kappa shape index (κ1) is 25.2. The predicted molar refractivity (Wildman–Crippen MR) is 188 cm³/mol. The Labute approximate surface area is 262 Å². The van der Waals surface area contributed by atoms with E-state index in [2.05, 4.69) is 141 Å². The number of benzene rings is 6. The Hall–Kier alpha value is -5.20. The van der Waals surface area contributed by atoms with Crippen molar-refractivity contribution in [1.29, 1.82) is 0 Å². The van der Waals surface area contributed by atoms with E-state index in [9.17, 15) is 0 Å². The summed E-state index contributed by atoms with van der Waals surface area (Å²) in [6.45, 7) is 0. The second kappa shape index (κ2) is 9.40. The van der Waals surface area contributed by atoms with Crippen LogP contribution in [0.3, 0.4) is 0 Å². The van der Waals surface area contributed by atoms with E-state index in [1.54, 1.807) is 0 Å². The van der Waals surface area contributed by atoms with Crippen LogP contribution in [0.15, 0.2) is 127 Å². The van der Waals surface area contributed by atoms with Gasteiger partial charge in [-0.15, -0.1) is 0 Å². The van der Waals surface area contributed by atoms with E-state index in [0.717, 1.165) is 23.1 Å². The number of hydrogen-bond acceptors (Lipinski definition) is 3. The van der Waals surface area contributed by atoms with Gasteiger partial charge in [-0.2, -0.15) is 10.2 Å². The highest BCUT2D eigenvalue weighted by Crippen LogP contribution is 2.54. The Kier molecular flexibility index (Phi) is 5.25. The van der Waals surface area contributed by atoms with Crippen molar-refractivity contribution in [3.63, 3.8) is 0 Å². The minimum absolute atomic E-state index is 1.06. The predicted octanol–water partition coefficient (Wildman–Crippen LogP) is 10.2. The molecule has 0 saturated carbocycles. The molecule has 10 rings (SSSR count). The fourth-order valence-corrected chi connectivity index (χ4v) is 13.0. The van der Waals surface area contributed by atoms with Crippen LogP contribution in [0.1, 0.15) is 19.3 Å². The Morgan fingerprint density at radius 3 is 1.42 bits per heavy atom. The summed E-state index contributed by atoms with van der Waals surface area (Å²) in [6.07, 6.45) is 3.71. The summed E-state index contributed by atoms with van der Waals surface area (Å²) in [5.41, 5.74) is 5.81. The van der Waals surface area contributed by atoms with Crippen molar-refractivity contribution >= 4 is 69.1 Å².